The van der Waals surface area contributed by atoms with Crippen LogP contribution in [0.15, 0.2) is 18.2 Å². The highest BCUT2D eigenvalue weighted by Gasteiger charge is 2.13. The fraction of sp³-hybridized carbons (Fsp3) is 0.364. The van der Waals surface area contributed by atoms with Crippen molar-refractivity contribution in [3.63, 3.8) is 0 Å². The molecule has 0 saturated carbocycles. The molecule has 3 nitrogen and oxygen atoms in total. The summed E-state index contributed by atoms with van der Waals surface area (Å²) in [6, 6.07) is 5.06. The summed E-state index contributed by atoms with van der Waals surface area (Å²) in [5.74, 6) is -0.364. The molecular weight excluding hydrogens is 284 g/mol. The Morgan fingerprint density at radius 1 is 1.35 bits per heavy atom. The number of amides is 1. The summed E-state index contributed by atoms with van der Waals surface area (Å²) in [5, 5.41) is 9.91. The van der Waals surface area contributed by atoms with E-state index in [1.165, 1.54) is 4.90 Å². The number of hydrogen-bond acceptors (Lipinski definition) is 2. The Morgan fingerprint density at radius 3 is 2.59 bits per heavy atom. The zero-order valence-corrected chi connectivity index (χ0v) is 11.3. The van der Waals surface area contributed by atoms with Crippen molar-refractivity contribution in [3.8, 4) is 0 Å². The molecule has 0 atom stereocenters. The number of alkyl halides is 1. The van der Waals surface area contributed by atoms with Crippen LogP contribution in [0.4, 0.5) is 0 Å². The monoisotopic (exact) mass is 295 g/mol. The minimum atomic E-state index is -0.244. The Hall–Kier alpha value is -0.480. The maximum atomic E-state index is 11.5. The van der Waals surface area contributed by atoms with Crippen LogP contribution in [0.1, 0.15) is 5.56 Å². The van der Waals surface area contributed by atoms with E-state index in [1.807, 2.05) is 0 Å². The van der Waals surface area contributed by atoms with Gasteiger partial charge < -0.3 is 10.0 Å². The molecule has 0 radical (unpaired) electrons. The van der Waals surface area contributed by atoms with Gasteiger partial charge in [-0.2, -0.15) is 0 Å². The van der Waals surface area contributed by atoms with E-state index in [-0.39, 0.29) is 24.9 Å². The third kappa shape index (κ3) is 4.36. The van der Waals surface area contributed by atoms with Gasteiger partial charge in [0.05, 0.1) is 6.61 Å². The predicted octanol–water partition coefficient (Wildman–Crippen LogP) is 2.55. The van der Waals surface area contributed by atoms with Crippen LogP contribution in [-0.4, -0.2) is 34.9 Å². The molecule has 0 saturated heterocycles. The summed E-state index contributed by atoms with van der Waals surface area (Å²) < 4.78 is 0. The highest BCUT2D eigenvalue weighted by Crippen LogP contribution is 2.22. The number of hydrogen-bond donors (Lipinski definition) is 1. The van der Waals surface area contributed by atoms with Gasteiger partial charge in [0.2, 0.25) is 5.91 Å². The summed E-state index contributed by atoms with van der Waals surface area (Å²) >= 11 is 17.3. The number of carbonyl (C=O) groups excluding carboxylic acids is 1. The highest BCUT2D eigenvalue weighted by molar-refractivity contribution is 6.35. The van der Waals surface area contributed by atoms with Crippen molar-refractivity contribution >= 4 is 40.7 Å². The fourth-order valence-electron chi connectivity index (χ4n) is 1.35. The predicted molar refractivity (Wildman–Crippen MR) is 69.7 cm³/mol. The van der Waals surface area contributed by atoms with Crippen molar-refractivity contribution < 1.29 is 9.90 Å². The van der Waals surface area contributed by atoms with Gasteiger partial charge in [0.1, 0.15) is 5.88 Å². The lowest BCUT2D eigenvalue weighted by Gasteiger charge is -2.21. The minimum Gasteiger partial charge on any atom is -0.395 e. The molecule has 1 N–H and O–H groups in total. The molecule has 1 rings (SSSR count). The third-order valence-electron chi connectivity index (χ3n) is 2.21. The largest absolute Gasteiger partial charge is 0.395 e. The maximum Gasteiger partial charge on any atom is 0.237 e. The van der Waals surface area contributed by atoms with Gasteiger partial charge in [-0.1, -0.05) is 29.3 Å². The maximum absolute atomic E-state index is 11.5. The second kappa shape index (κ2) is 7.07. The molecule has 0 aromatic heterocycles. The summed E-state index contributed by atoms with van der Waals surface area (Å²) in [6.45, 7) is 0.417. The summed E-state index contributed by atoms with van der Waals surface area (Å²) in [5.41, 5.74) is 0.767. The van der Waals surface area contributed by atoms with E-state index in [4.69, 9.17) is 39.9 Å². The van der Waals surface area contributed by atoms with Crippen molar-refractivity contribution in [2.45, 2.75) is 6.54 Å². The van der Waals surface area contributed by atoms with Gasteiger partial charge in [-0.3, -0.25) is 4.79 Å². The number of carbonyl (C=O) groups is 1. The van der Waals surface area contributed by atoms with E-state index >= 15 is 0 Å². The number of nitrogens with zero attached hydrogens (tertiary/aromatic N) is 1. The summed E-state index contributed by atoms with van der Waals surface area (Å²) in [7, 11) is 0. The van der Waals surface area contributed by atoms with Crippen molar-refractivity contribution in [2.75, 3.05) is 19.0 Å². The van der Waals surface area contributed by atoms with Crippen LogP contribution in [0.3, 0.4) is 0 Å². The van der Waals surface area contributed by atoms with Crippen molar-refractivity contribution in [1.82, 2.24) is 4.90 Å². The van der Waals surface area contributed by atoms with Crippen LogP contribution in [0.2, 0.25) is 10.0 Å². The molecule has 0 spiro atoms. The van der Waals surface area contributed by atoms with Crippen molar-refractivity contribution in [3.05, 3.63) is 33.8 Å². The second-order valence-electron chi connectivity index (χ2n) is 3.41. The number of rotatable bonds is 5. The van der Waals surface area contributed by atoms with Gasteiger partial charge in [0.25, 0.3) is 0 Å². The van der Waals surface area contributed by atoms with Crippen LogP contribution in [0.25, 0.3) is 0 Å². The lowest BCUT2D eigenvalue weighted by molar-refractivity contribution is -0.129. The highest BCUT2D eigenvalue weighted by atomic mass is 35.5. The fourth-order valence-corrected chi connectivity index (χ4v) is 1.99. The van der Waals surface area contributed by atoms with Crippen LogP contribution in [0.5, 0.6) is 0 Å². The van der Waals surface area contributed by atoms with E-state index in [1.54, 1.807) is 18.2 Å². The second-order valence-corrected chi connectivity index (χ2v) is 4.52. The topological polar surface area (TPSA) is 40.5 Å². The Morgan fingerprint density at radius 2 is 2.06 bits per heavy atom. The third-order valence-corrected chi connectivity index (χ3v) is 3.03. The van der Waals surface area contributed by atoms with E-state index in [9.17, 15) is 4.79 Å². The summed E-state index contributed by atoms with van der Waals surface area (Å²) in [4.78, 5) is 12.9. The molecule has 0 bridgehead atoms. The molecule has 1 aromatic carbocycles. The van der Waals surface area contributed by atoms with Crippen LogP contribution >= 0.6 is 34.8 Å². The zero-order chi connectivity index (χ0) is 12.8. The Kier molecular flexibility index (Phi) is 6.06. The van der Waals surface area contributed by atoms with E-state index in [2.05, 4.69) is 0 Å². The standard InChI is InChI=1S/C11H12Cl3NO2/c12-6-11(17)15(3-4-16)7-8-1-2-9(13)5-10(8)14/h1-2,5,16H,3-4,6-7H2. The SMILES string of the molecule is O=C(CCl)N(CCO)Cc1ccc(Cl)cc1Cl. The first-order chi connectivity index (χ1) is 8.08. The van der Waals surface area contributed by atoms with Gasteiger partial charge in [-0.25, -0.2) is 0 Å². The average Bonchev–Trinajstić information content (AvgIpc) is 2.30. The number of aliphatic hydroxyl groups is 1. The minimum absolute atomic E-state index is 0.117. The van der Waals surface area contributed by atoms with Crippen LogP contribution in [-0.2, 0) is 11.3 Å². The van der Waals surface area contributed by atoms with E-state index < -0.39 is 0 Å². The van der Waals surface area contributed by atoms with Gasteiger partial charge in [-0.05, 0) is 17.7 Å². The lowest BCUT2D eigenvalue weighted by atomic mass is 10.2. The molecule has 0 aliphatic heterocycles. The normalized spacial score (nSPS) is 10.4. The number of halogens is 3. The summed E-state index contributed by atoms with van der Waals surface area (Å²) in [6.07, 6.45) is 0. The molecule has 0 aliphatic rings. The zero-order valence-electron chi connectivity index (χ0n) is 9.00. The van der Waals surface area contributed by atoms with Gasteiger partial charge in [-0.15, -0.1) is 11.6 Å². The molecule has 1 amide bonds. The Labute approximate surface area is 115 Å². The number of benzene rings is 1. The lowest BCUT2D eigenvalue weighted by Crippen LogP contribution is -2.34. The first-order valence-corrected chi connectivity index (χ1v) is 6.26. The molecule has 0 fully saturated rings. The van der Waals surface area contributed by atoms with Crippen LogP contribution < -0.4 is 0 Å². The van der Waals surface area contributed by atoms with Gasteiger partial charge >= 0.3 is 0 Å². The van der Waals surface area contributed by atoms with E-state index in [0.717, 1.165) is 5.56 Å². The molecular formula is C11H12Cl3NO2. The quantitative estimate of drug-likeness (QED) is 0.848. The Balaban J connectivity index is 2.82. The van der Waals surface area contributed by atoms with Gasteiger partial charge in [0, 0.05) is 23.1 Å². The van der Waals surface area contributed by atoms with E-state index in [0.29, 0.717) is 16.6 Å². The molecule has 0 aliphatic carbocycles. The number of aliphatic hydroxyl groups excluding tert-OH is 1. The molecule has 0 unspecified atom stereocenters. The molecule has 94 valence electrons. The van der Waals surface area contributed by atoms with Crippen LogP contribution in [0, 0.1) is 0 Å². The smallest absolute Gasteiger partial charge is 0.237 e. The Bertz CT molecular complexity index is 398. The molecule has 17 heavy (non-hydrogen) atoms. The van der Waals surface area contributed by atoms with Crippen molar-refractivity contribution in [2.24, 2.45) is 0 Å². The van der Waals surface area contributed by atoms with Gasteiger partial charge in [0.15, 0.2) is 0 Å². The molecule has 6 heteroatoms. The molecule has 1 aromatic rings. The first-order valence-electron chi connectivity index (χ1n) is 4.97. The van der Waals surface area contributed by atoms with Crippen molar-refractivity contribution in [1.29, 1.82) is 0 Å². The first kappa shape index (κ1) is 14.6. The average molecular weight is 297 g/mol. The molecule has 0 heterocycles.